The largest absolute Gasteiger partial charge is 0.284 e. The first kappa shape index (κ1) is 4.96. The summed E-state index contributed by atoms with van der Waals surface area (Å²) in [5.74, 6) is -0.451. The van der Waals surface area contributed by atoms with Gasteiger partial charge < -0.3 is 0 Å². The van der Waals surface area contributed by atoms with Crippen molar-refractivity contribution < 1.29 is 4.79 Å². The Morgan fingerprint density at radius 2 is 2.38 bits per heavy atom. The van der Waals surface area contributed by atoms with E-state index >= 15 is 0 Å². The molecule has 8 heavy (non-hydrogen) atoms. The molecule has 0 aromatic heterocycles. The summed E-state index contributed by atoms with van der Waals surface area (Å²) >= 11 is 0. The van der Waals surface area contributed by atoms with E-state index in [1.54, 1.807) is 6.92 Å². The quantitative estimate of drug-likeness (QED) is 0.443. The first-order valence-corrected chi connectivity index (χ1v) is 2.15. The standard InChI is InChI=1S/C4H5N3O/c1-2-3(8)4(5)7-6-2/h1H3,(H2,5,7,8). The Balaban J connectivity index is 2.89. The molecule has 0 saturated carbocycles. The Kier molecular flexibility index (Phi) is 0.865. The maximum atomic E-state index is 10.5. The fraction of sp³-hybridized carbons (Fsp3) is 0.250. The van der Waals surface area contributed by atoms with Crippen LogP contribution in [0.15, 0.2) is 5.10 Å². The molecule has 0 aromatic carbocycles. The highest BCUT2D eigenvalue weighted by molar-refractivity contribution is 6.66. The molecule has 0 atom stereocenters. The summed E-state index contributed by atoms with van der Waals surface area (Å²) in [6, 6.07) is 0. The van der Waals surface area contributed by atoms with Crippen LogP contribution in [0, 0.1) is 5.41 Å². The highest BCUT2D eigenvalue weighted by atomic mass is 16.1. The molecule has 1 aliphatic rings. The fourth-order valence-electron chi connectivity index (χ4n) is 0.422. The number of carbonyl (C=O) groups excluding carboxylic acids is 1. The van der Waals surface area contributed by atoms with E-state index in [1.807, 2.05) is 0 Å². The molecular formula is C4H5N3O. The van der Waals surface area contributed by atoms with E-state index < -0.39 is 0 Å². The smallest absolute Gasteiger partial charge is 0.244 e. The lowest BCUT2D eigenvalue weighted by Crippen LogP contribution is -2.20. The van der Waals surface area contributed by atoms with Crippen LogP contribution in [0.2, 0.25) is 0 Å². The summed E-state index contributed by atoms with van der Waals surface area (Å²) in [5, 5.41) is 10.3. The molecular weight excluding hydrogens is 106 g/mol. The maximum absolute atomic E-state index is 10.5. The van der Waals surface area contributed by atoms with E-state index in [2.05, 4.69) is 10.5 Å². The number of amidine groups is 1. The fourth-order valence-corrected chi connectivity index (χ4v) is 0.422. The van der Waals surface area contributed by atoms with E-state index in [-0.39, 0.29) is 11.6 Å². The molecule has 1 rings (SSSR count). The lowest BCUT2D eigenvalue weighted by Gasteiger charge is -1.82. The van der Waals surface area contributed by atoms with Crippen LogP contribution in [0.5, 0.6) is 0 Å². The number of Topliss-reactive ketones (excluding diaryl/α,β-unsaturated/α-hetero) is 1. The summed E-state index contributed by atoms with van der Waals surface area (Å²) in [5.41, 5.74) is 2.60. The van der Waals surface area contributed by atoms with Gasteiger partial charge in [-0.25, -0.2) is 0 Å². The number of hydrazone groups is 1. The summed E-state index contributed by atoms with van der Waals surface area (Å²) < 4.78 is 0. The summed E-state index contributed by atoms with van der Waals surface area (Å²) in [6.07, 6.45) is 0. The van der Waals surface area contributed by atoms with Crippen molar-refractivity contribution in [3.63, 3.8) is 0 Å². The second-order valence-corrected chi connectivity index (χ2v) is 1.51. The van der Waals surface area contributed by atoms with Crippen LogP contribution in [-0.2, 0) is 4.79 Å². The summed E-state index contributed by atoms with van der Waals surface area (Å²) in [6.45, 7) is 1.57. The monoisotopic (exact) mass is 111 g/mol. The molecule has 1 aliphatic heterocycles. The Morgan fingerprint density at radius 1 is 1.75 bits per heavy atom. The Hall–Kier alpha value is -1.19. The van der Waals surface area contributed by atoms with Gasteiger partial charge >= 0.3 is 0 Å². The Labute approximate surface area is 46.1 Å². The van der Waals surface area contributed by atoms with Gasteiger partial charge in [0, 0.05) is 0 Å². The van der Waals surface area contributed by atoms with E-state index in [0.29, 0.717) is 5.71 Å². The number of nitrogens with zero attached hydrogens (tertiary/aromatic N) is 1. The summed E-state index contributed by atoms with van der Waals surface area (Å²) in [7, 11) is 0. The molecule has 4 nitrogen and oxygen atoms in total. The lowest BCUT2D eigenvalue weighted by atomic mass is 10.3. The minimum atomic E-state index is -0.315. The van der Waals surface area contributed by atoms with Crippen LogP contribution in [0.4, 0.5) is 0 Å². The van der Waals surface area contributed by atoms with Gasteiger partial charge in [0.2, 0.25) is 5.78 Å². The lowest BCUT2D eigenvalue weighted by molar-refractivity contribution is -0.107. The third-order valence-corrected chi connectivity index (χ3v) is 0.891. The van der Waals surface area contributed by atoms with E-state index in [4.69, 9.17) is 5.41 Å². The predicted octanol–water partition coefficient (Wildman–Crippen LogP) is -0.488. The maximum Gasteiger partial charge on any atom is 0.244 e. The van der Waals surface area contributed by atoms with Crippen molar-refractivity contribution in [2.75, 3.05) is 0 Å². The number of nitrogens with one attached hydrogen (secondary N) is 2. The van der Waals surface area contributed by atoms with Crippen molar-refractivity contribution >= 4 is 17.3 Å². The molecule has 4 heteroatoms. The molecule has 0 amide bonds. The van der Waals surface area contributed by atoms with Crippen molar-refractivity contribution in [2.45, 2.75) is 6.92 Å². The number of rotatable bonds is 0. The van der Waals surface area contributed by atoms with Gasteiger partial charge in [-0.3, -0.25) is 15.6 Å². The second kappa shape index (κ2) is 1.40. The van der Waals surface area contributed by atoms with Gasteiger partial charge in [0.1, 0.15) is 5.71 Å². The van der Waals surface area contributed by atoms with Gasteiger partial charge in [-0.1, -0.05) is 0 Å². The minimum Gasteiger partial charge on any atom is -0.284 e. The number of hydrogen-bond acceptors (Lipinski definition) is 3. The first-order chi connectivity index (χ1) is 3.72. The molecule has 0 saturated heterocycles. The van der Waals surface area contributed by atoms with Crippen molar-refractivity contribution in [3.8, 4) is 0 Å². The van der Waals surface area contributed by atoms with E-state index in [9.17, 15) is 4.79 Å². The molecule has 0 aromatic rings. The number of carbonyl (C=O) groups is 1. The molecule has 0 aliphatic carbocycles. The molecule has 1 heterocycles. The van der Waals surface area contributed by atoms with Gasteiger partial charge in [0.25, 0.3) is 0 Å². The van der Waals surface area contributed by atoms with Crippen LogP contribution in [0.25, 0.3) is 0 Å². The molecule has 0 radical (unpaired) electrons. The van der Waals surface area contributed by atoms with Crippen LogP contribution < -0.4 is 5.43 Å². The van der Waals surface area contributed by atoms with Crippen LogP contribution in [-0.4, -0.2) is 17.3 Å². The predicted molar refractivity (Wildman–Crippen MR) is 29.0 cm³/mol. The molecule has 2 N–H and O–H groups in total. The minimum absolute atomic E-state index is 0.137. The third kappa shape index (κ3) is 0.501. The molecule has 0 unspecified atom stereocenters. The van der Waals surface area contributed by atoms with E-state index in [0.717, 1.165) is 0 Å². The second-order valence-electron chi connectivity index (χ2n) is 1.51. The van der Waals surface area contributed by atoms with Crippen molar-refractivity contribution in [1.29, 1.82) is 5.41 Å². The zero-order chi connectivity index (χ0) is 6.15. The van der Waals surface area contributed by atoms with Gasteiger partial charge in [-0.15, -0.1) is 0 Å². The van der Waals surface area contributed by atoms with Gasteiger partial charge in [0.15, 0.2) is 5.84 Å². The Morgan fingerprint density at radius 3 is 2.50 bits per heavy atom. The average Bonchev–Trinajstić information content (AvgIpc) is 1.98. The van der Waals surface area contributed by atoms with Gasteiger partial charge in [-0.2, -0.15) is 5.10 Å². The highest BCUT2D eigenvalue weighted by Gasteiger charge is 2.17. The first-order valence-electron chi connectivity index (χ1n) is 2.15. The van der Waals surface area contributed by atoms with E-state index in [1.165, 1.54) is 0 Å². The highest BCUT2D eigenvalue weighted by Crippen LogP contribution is 1.87. The summed E-state index contributed by atoms with van der Waals surface area (Å²) in [4.78, 5) is 10.5. The zero-order valence-corrected chi connectivity index (χ0v) is 4.36. The molecule has 0 spiro atoms. The van der Waals surface area contributed by atoms with Crippen LogP contribution in [0.3, 0.4) is 0 Å². The number of hydrogen-bond donors (Lipinski definition) is 2. The zero-order valence-electron chi connectivity index (χ0n) is 4.36. The SMILES string of the molecule is CC1=NNC(=N)C1=O. The van der Waals surface area contributed by atoms with Crippen molar-refractivity contribution in [2.24, 2.45) is 5.10 Å². The topological polar surface area (TPSA) is 65.3 Å². The third-order valence-electron chi connectivity index (χ3n) is 0.891. The normalized spacial score (nSPS) is 18.4. The van der Waals surface area contributed by atoms with Crippen molar-refractivity contribution in [3.05, 3.63) is 0 Å². The molecule has 0 fully saturated rings. The van der Waals surface area contributed by atoms with Crippen LogP contribution in [0.1, 0.15) is 6.92 Å². The average molecular weight is 111 g/mol. The number of ketones is 1. The molecule has 42 valence electrons. The van der Waals surface area contributed by atoms with Gasteiger partial charge in [-0.05, 0) is 6.92 Å². The Bertz CT molecular complexity index is 182. The van der Waals surface area contributed by atoms with Crippen LogP contribution >= 0.6 is 0 Å². The van der Waals surface area contributed by atoms with Gasteiger partial charge in [0.05, 0.1) is 0 Å². The van der Waals surface area contributed by atoms with Crippen molar-refractivity contribution in [1.82, 2.24) is 5.43 Å². The molecule has 0 bridgehead atoms.